The standard InChI is InChI=1S/C18H26O2/c1-12(2)16-9-4-13(3)10-17(16)18(20)11-14-5-7-15(19)8-6-14/h5-8,12-13,16-17,19H,4,9-11H2,1-3H3/t13-,16+,17-/m1/s1. The Hall–Kier alpha value is -1.31. The lowest BCUT2D eigenvalue weighted by atomic mass is 9.68. The van der Waals surface area contributed by atoms with Crippen LogP contribution in [0, 0.1) is 23.7 Å². The van der Waals surface area contributed by atoms with E-state index in [4.69, 9.17) is 0 Å². The Bertz CT molecular complexity index is 447. The van der Waals surface area contributed by atoms with Crippen molar-refractivity contribution < 1.29 is 9.90 Å². The van der Waals surface area contributed by atoms with Crippen LogP contribution in [0.3, 0.4) is 0 Å². The van der Waals surface area contributed by atoms with E-state index in [0.29, 0.717) is 30.0 Å². The topological polar surface area (TPSA) is 37.3 Å². The number of aromatic hydroxyl groups is 1. The van der Waals surface area contributed by atoms with Gasteiger partial charge in [-0.15, -0.1) is 0 Å². The van der Waals surface area contributed by atoms with Crippen molar-refractivity contribution in [3.8, 4) is 5.75 Å². The Labute approximate surface area is 122 Å². The smallest absolute Gasteiger partial charge is 0.140 e. The number of hydrogen-bond acceptors (Lipinski definition) is 2. The van der Waals surface area contributed by atoms with E-state index >= 15 is 0 Å². The third-order valence-corrected chi connectivity index (χ3v) is 4.75. The maximum atomic E-state index is 12.7. The van der Waals surface area contributed by atoms with Crippen LogP contribution in [-0.4, -0.2) is 10.9 Å². The van der Waals surface area contributed by atoms with Gasteiger partial charge in [0.2, 0.25) is 0 Å². The summed E-state index contributed by atoms with van der Waals surface area (Å²) in [6.45, 7) is 6.74. The SMILES string of the molecule is CC(C)[C@@H]1CC[C@@H](C)C[C@H]1C(=O)Cc1ccc(O)cc1. The second-order valence-corrected chi connectivity index (χ2v) is 6.74. The summed E-state index contributed by atoms with van der Waals surface area (Å²) in [5.41, 5.74) is 1.01. The molecule has 3 atom stereocenters. The summed E-state index contributed by atoms with van der Waals surface area (Å²) < 4.78 is 0. The molecule has 1 saturated carbocycles. The van der Waals surface area contributed by atoms with Gasteiger partial charge in [0.15, 0.2) is 0 Å². The molecule has 20 heavy (non-hydrogen) atoms. The van der Waals surface area contributed by atoms with Crippen molar-refractivity contribution in [3.63, 3.8) is 0 Å². The minimum atomic E-state index is 0.215. The van der Waals surface area contributed by atoms with Gasteiger partial charge in [0, 0.05) is 12.3 Å². The molecule has 1 aromatic carbocycles. The van der Waals surface area contributed by atoms with Gasteiger partial charge in [0.25, 0.3) is 0 Å². The molecular weight excluding hydrogens is 248 g/mol. The molecule has 2 nitrogen and oxygen atoms in total. The lowest BCUT2D eigenvalue weighted by Crippen LogP contribution is -2.34. The van der Waals surface area contributed by atoms with E-state index in [1.807, 2.05) is 12.1 Å². The van der Waals surface area contributed by atoms with Gasteiger partial charge in [0.1, 0.15) is 11.5 Å². The number of phenolic OH excluding ortho intramolecular Hbond substituents is 1. The van der Waals surface area contributed by atoms with Crippen molar-refractivity contribution in [2.24, 2.45) is 23.7 Å². The zero-order valence-electron chi connectivity index (χ0n) is 12.8. The lowest BCUT2D eigenvalue weighted by Gasteiger charge is -2.36. The van der Waals surface area contributed by atoms with Crippen LogP contribution in [0.25, 0.3) is 0 Å². The number of Topliss-reactive ketones (excluding diaryl/α,β-unsaturated/α-hetero) is 1. The monoisotopic (exact) mass is 274 g/mol. The Kier molecular flexibility index (Phi) is 4.85. The van der Waals surface area contributed by atoms with Gasteiger partial charge < -0.3 is 5.11 Å². The van der Waals surface area contributed by atoms with Crippen LogP contribution in [0.15, 0.2) is 24.3 Å². The van der Waals surface area contributed by atoms with Gasteiger partial charge in [-0.1, -0.05) is 39.3 Å². The number of carbonyl (C=O) groups is 1. The predicted octanol–water partition coefficient (Wildman–Crippen LogP) is 4.21. The molecule has 0 bridgehead atoms. The predicted molar refractivity (Wildman–Crippen MR) is 81.7 cm³/mol. The molecule has 0 aliphatic heterocycles. The van der Waals surface area contributed by atoms with E-state index in [2.05, 4.69) is 20.8 Å². The van der Waals surface area contributed by atoms with Crippen LogP contribution < -0.4 is 0 Å². The average Bonchev–Trinajstić information content (AvgIpc) is 2.41. The molecule has 0 radical (unpaired) electrons. The first kappa shape index (κ1) is 15.1. The van der Waals surface area contributed by atoms with Crippen molar-refractivity contribution in [3.05, 3.63) is 29.8 Å². The van der Waals surface area contributed by atoms with Crippen LogP contribution in [0.1, 0.15) is 45.6 Å². The van der Waals surface area contributed by atoms with E-state index in [1.165, 1.54) is 12.8 Å². The van der Waals surface area contributed by atoms with Crippen molar-refractivity contribution in [1.29, 1.82) is 0 Å². The van der Waals surface area contributed by atoms with Gasteiger partial charge in [-0.3, -0.25) is 4.79 Å². The van der Waals surface area contributed by atoms with Gasteiger partial charge >= 0.3 is 0 Å². The van der Waals surface area contributed by atoms with Crippen molar-refractivity contribution in [2.45, 2.75) is 46.5 Å². The average molecular weight is 274 g/mol. The summed E-state index contributed by atoms with van der Waals surface area (Å²) in [6.07, 6.45) is 3.98. The Balaban J connectivity index is 2.07. The van der Waals surface area contributed by atoms with Crippen molar-refractivity contribution in [1.82, 2.24) is 0 Å². The second-order valence-electron chi connectivity index (χ2n) is 6.74. The first-order chi connectivity index (χ1) is 9.47. The third kappa shape index (κ3) is 3.62. The molecule has 0 amide bonds. The van der Waals surface area contributed by atoms with Gasteiger partial charge in [-0.25, -0.2) is 0 Å². The zero-order chi connectivity index (χ0) is 14.7. The number of carbonyl (C=O) groups excluding carboxylic acids is 1. The van der Waals surface area contributed by atoms with E-state index < -0.39 is 0 Å². The Morgan fingerprint density at radius 3 is 2.50 bits per heavy atom. The molecule has 1 fully saturated rings. The summed E-state index contributed by atoms with van der Waals surface area (Å²) in [4.78, 5) is 12.7. The molecular formula is C18H26O2. The van der Waals surface area contributed by atoms with Crippen LogP contribution >= 0.6 is 0 Å². The Morgan fingerprint density at radius 1 is 1.25 bits per heavy atom. The molecule has 1 aliphatic rings. The number of ketones is 1. The van der Waals surface area contributed by atoms with E-state index in [1.54, 1.807) is 12.1 Å². The minimum absolute atomic E-state index is 0.215. The summed E-state index contributed by atoms with van der Waals surface area (Å²) in [6, 6.07) is 7.02. The highest BCUT2D eigenvalue weighted by Gasteiger charge is 2.34. The van der Waals surface area contributed by atoms with Gasteiger partial charge in [-0.2, -0.15) is 0 Å². The summed E-state index contributed by atoms with van der Waals surface area (Å²) in [5.74, 6) is 2.63. The first-order valence-corrected chi connectivity index (χ1v) is 7.78. The summed E-state index contributed by atoms with van der Waals surface area (Å²) in [5, 5.41) is 9.30. The van der Waals surface area contributed by atoms with Gasteiger partial charge in [-0.05, 0) is 48.3 Å². The number of benzene rings is 1. The zero-order valence-corrected chi connectivity index (χ0v) is 12.8. The van der Waals surface area contributed by atoms with Gasteiger partial charge in [0.05, 0.1) is 0 Å². The third-order valence-electron chi connectivity index (χ3n) is 4.75. The molecule has 0 heterocycles. The molecule has 1 aromatic rings. The van der Waals surface area contributed by atoms with Crippen molar-refractivity contribution >= 4 is 5.78 Å². The highest BCUT2D eigenvalue weighted by atomic mass is 16.3. The van der Waals surface area contributed by atoms with Crippen molar-refractivity contribution in [2.75, 3.05) is 0 Å². The number of phenols is 1. The fraction of sp³-hybridized carbons (Fsp3) is 0.611. The van der Waals surface area contributed by atoms with E-state index in [-0.39, 0.29) is 11.7 Å². The highest BCUT2D eigenvalue weighted by molar-refractivity contribution is 5.83. The largest absolute Gasteiger partial charge is 0.508 e. The second kappa shape index (κ2) is 6.43. The van der Waals surface area contributed by atoms with Crippen LogP contribution in [-0.2, 0) is 11.2 Å². The maximum Gasteiger partial charge on any atom is 0.140 e. The fourth-order valence-electron chi connectivity index (χ4n) is 3.52. The lowest BCUT2D eigenvalue weighted by molar-refractivity contribution is -0.126. The molecule has 2 heteroatoms. The van der Waals surface area contributed by atoms with E-state index in [9.17, 15) is 9.90 Å². The molecule has 1 aliphatic carbocycles. The van der Waals surface area contributed by atoms with Crippen LogP contribution in [0.4, 0.5) is 0 Å². The minimum Gasteiger partial charge on any atom is -0.508 e. The molecule has 1 N–H and O–H groups in total. The highest BCUT2D eigenvalue weighted by Crippen LogP contribution is 2.38. The van der Waals surface area contributed by atoms with Crippen LogP contribution in [0.5, 0.6) is 5.75 Å². The normalized spacial score (nSPS) is 26.7. The molecule has 0 aromatic heterocycles. The fourth-order valence-corrected chi connectivity index (χ4v) is 3.52. The number of rotatable bonds is 4. The molecule has 0 spiro atoms. The molecule has 110 valence electrons. The molecule has 0 unspecified atom stereocenters. The Morgan fingerprint density at radius 2 is 1.90 bits per heavy atom. The quantitative estimate of drug-likeness (QED) is 0.893. The summed E-state index contributed by atoms with van der Waals surface area (Å²) in [7, 11) is 0. The number of hydrogen-bond donors (Lipinski definition) is 1. The summed E-state index contributed by atoms with van der Waals surface area (Å²) >= 11 is 0. The molecule has 2 rings (SSSR count). The first-order valence-electron chi connectivity index (χ1n) is 7.78. The maximum absolute atomic E-state index is 12.7. The van der Waals surface area contributed by atoms with Crippen LogP contribution in [0.2, 0.25) is 0 Å². The molecule has 0 saturated heterocycles. The van der Waals surface area contributed by atoms with E-state index in [0.717, 1.165) is 12.0 Å².